The summed E-state index contributed by atoms with van der Waals surface area (Å²) in [7, 11) is 2.17. The number of nitrogens with zero attached hydrogens (tertiary/aromatic N) is 3. The molecule has 1 aromatic heterocycles. The lowest BCUT2D eigenvalue weighted by Gasteiger charge is -2.48. The number of hydrogen-bond donors (Lipinski definition) is 3. The van der Waals surface area contributed by atoms with E-state index in [1.165, 1.54) is 11.1 Å². The molecule has 3 N–H and O–H groups in total. The molecule has 0 bridgehead atoms. The molecule has 7 heteroatoms. The van der Waals surface area contributed by atoms with E-state index >= 15 is 0 Å². The standard InChI is InChI=1S/C26H34N6O/c1-16-10-18(8-9-27-16)25-20-11-19-13-32(26(33)28-22(19)12-23(20)29-30-25)24-15-31(2)14-21(24)17-6-4-3-5-7-17/h3-10,19-25,29-30H,11-15H2,1-2H3,(H,28,33)/t19?,20?,21-,22?,23?,24+,25?/m0/s1. The van der Waals surface area contributed by atoms with Gasteiger partial charge in [0.1, 0.15) is 0 Å². The summed E-state index contributed by atoms with van der Waals surface area (Å²) in [5.41, 5.74) is 10.8. The van der Waals surface area contributed by atoms with Crippen molar-refractivity contribution in [2.75, 3.05) is 26.7 Å². The third-order valence-electron chi connectivity index (χ3n) is 8.40. The zero-order chi connectivity index (χ0) is 22.5. The number of benzene rings is 1. The molecule has 1 aromatic carbocycles. The first kappa shape index (κ1) is 21.1. The maximum Gasteiger partial charge on any atom is 0.317 e. The molecule has 6 rings (SSSR count). The molecule has 7 atom stereocenters. The third-order valence-corrected chi connectivity index (χ3v) is 8.40. The van der Waals surface area contributed by atoms with Crippen LogP contribution >= 0.6 is 0 Å². The lowest BCUT2D eigenvalue weighted by molar-refractivity contribution is 0.0790. The lowest BCUT2D eigenvalue weighted by Crippen LogP contribution is -2.63. The SMILES string of the molecule is Cc1cc(C2NNC3CC4NC(=O)N([C@@H]5CN(C)C[C@H]5c5ccccc5)CC4CC32)ccn1. The molecule has 3 saturated heterocycles. The second-order valence-corrected chi connectivity index (χ2v) is 10.5. The number of amides is 2. The highest BCUT2D eigenvalue weighted by Crippen LogP contribution is 2.43. The third kappa shape index (κ3) is 3.82. The molecule has 3 aliphatic heterocycles. The van der Waals surface area contributed by atoms with E-state index in [1.807, 2.05) is 6.20 Å². The van der Waals surface area contributed by atoms with Crippen molar-refractivity contribution in [1.29, 1.82) is 0 Å². The number of carbonyl (C=O) groups is 1. The number of likely N-dealkylation sites (N-methyl/N-ethyl adjacent to an activating group) is 1. The van der Waals surface area contributed by atoms with Gasteiger partial charge in [0.05, 0.1) is 12.1 Å². The Morgan fingerprint density at radius 2 is 1.82 bits per heavy atom. The zero-order valence-corrected chi connectivity index (χ0v) is 19.4. The number of aryl methyl sites for hydroxylation is 1. The Balaban J connectivity index is 1.22. The molecule has 4 aliphatic rings. The van der Waals surface area contributed by atoms with Crippen LogP contribution in [-0.2, 0) is 0 Å². The van der Waals surface area contributed by atoms with Crippen molar-refractivity contribution in [3.8, 4) is 0 Å². The summed E-state index contributed by atoms with van der Waals surface area (Å²) in [4.78, 5) is 22.2. The van der Waals surface area contributed by atoms with Gasteiger partial charge in [-0.3, -0.25) is 10.4 Å². The summed E-state index contributed by atoms with van der Waals surface area (Å²) >= 11 is 0. The van der Waals surface area contributed by atoms with Crippen molar-refractivity contribution < 1.29 is 4.79 Å². The number of carbonyl (C=O) groups excluding carboxylic acids is 1. The fourth-order valence-electron chi connectivity index (χ4n) is 6.81. The van der Waals surface area contributed by atoms with E-state index < -0.39 is 0 Å². The molecule has 0 spiro atoms. The number of fused-ring (bicyclic) bond motifs is 2. The fourth-order valence-corrected chi connectivity index (χ4v) is 6.81. The van der Waals surface area contributed by atoms with Gasteiger partial charge in [-0.25, -0.2) is 10.2 Å². The number of hydrazine groups is 1. The smallest absolute Gasteiger partial charge is 0.317 e. The molecule has 4 heterocycles. The average Bonchev–Trinajstić information content (AvgIpc) is 3.41. The number of likely N-dealkylation sites (tertiary alicyclic amines) is 1. The molecule has 2 aromatic rings. The van der Waals surface area contributed by atoms with Crippen molar-refractivity contribution in [1.82, 2.24) is 31.0 Å². The molecule has 1 aliphatic carbocycles. The quantitative estimate of drug-likeness (QED) is 0.676. The van der Waals surface area contributed by atoms with Gasteiger partial charge in [0, 0.05) is 49.5 Å². The minimum absolute atomic E-state index is 0.114. The van der Waals surface area contributed by atoms with Crippen LogP contribution in [0.15, 0.2) is 48.7 Å². The first-order valence-corrected chi connectivity index (χ1v) is 12.3. The van der Waals surface area contributed by atoms with Gasteiger partial charge in [0.2, 0.25) is 0 Å². The van der Waals surface area contributed by atoms with Crippen molar-refractivity contribution in [3.63, 3.8) is 0 Å². The molecule has 5 unspecified atom stereocenters. The second-order valence-electron chi connectivity index (χ2n) is 10.5. The largest absolute Gasteiger partial charge is 0.335 e. The maximum atomic E-state index is 13.3. The summed E-state index contributed by atoms with van der Waals surface area (Å²) in [5, 5.41) is 3.40. The zero-order valence-electron chi connectivity index (χ0n) is 19.4. The van der Waals surface area contributed by atoms with Gasteiger partial charge in [-0.05, 0) is 61.9 Å². The Morgan fingerprint density at radius 1 is 0.970 bits per heavy atom. The van der Waals surface area contributed by atoms with E-state index in [4.69, 9.17) is 0 Å². The highest BCUT2D eigenvalue weighted by Gasteiger charge is 2.50. The van der Waals surface area contributed by atoms with Crippen LogP contribution in [0.4, 0.5) is 4.79 Å². The number of nitrogens with one attached hydrogen (secondary N) is 3. The molecule has 0 radical (unpaired) electrons. The highest BCUT2D eigenvalue weighted by molar-refractivity contribution is 5.76. The van der Waals surface area contributed by atoms with Gasteiger partial charge >= 0.3 is 6.03 Å². The molecule has 4 fully saturated rings. The molecular formula is C26H34N6O. The molecule has 33 heavy (non-hydrogen) atoms. The molecule has 1 saturated carbocycles. The maximum absolute atomic E-state index is 13.3. The van der Waals surface area contributed by atoms with Gasteiger partial charge in [-0.2, -0.15) is 0 Å². The van der Waals surface area contributed by atoms with Crippen LogP contribution in [0.3, 0.4) is 0 Å². The predicted molar refractivity (Wildman–Crippen MR) is 127 cm³/mol. The van der Waals surface area contributed by atoms with E-state index in [2.05, 4.69) is 87.4 Å². The van der Waals surface area contributed by atoms with Gasteiger partial charge in [-0.15, -0.1) is 0 Å². The van der Waals surface area contributed by atoms with E-state index in [1.54, 1.807) is 0 Å². The minimum atomic E-state index is 0.114. The second kappa shape index (κ2) is 8.38. The van der Waals surface area contributed by atoms with Crippen LogP contribution < -0.4 is 16.2 Å². The number of pyridine rings is 1. The van der Waals surface area contributed by atoms with Gasteiger partial charge in [0.15, 0.2) is 0 Å². The van der Waals surface area contributed by atoms with Gasteiger partial charge < -0.3 is 15.1 Å². The molecule has 174 valence electrons. The first-order valence-electron chi connectivity index (χ1n) is 12.3. The molecule has 7 nitrogen and oxygen atoms in total. The van der Waals surface area contributed by atoms with Crippen LogP contribution in [0.5, 0.6) is 0 Å². The normalized spacial score (nSPS) is 36.4. The van der Waals surface area contributed by atoms with Crippen LogP contribution in [0.2, 0.25) is 0 Å². The van der Waals surface area contributed by atoms with E-state index in [9.17, 15) is 4.79 Å². The van der Waals surface area contributed by atoms with Gasteiger partial charge in [0.25, 0.3) is 0 Å². The Labute approximate surface area is 195 Å². The van der Waals surface area contributed by atoms with Crippen LogP contribution in [0, 0.1) is 18.8 Å². The van der Waals surface area contributed by atoms with E-state index in [-0.39, 0.29) is 18.1 Å². The Morgan fingerprint density at radius 3 is 2.64 bits per heavy atom. The van der Waals surface area contributed by atoms with Crippen LogP contribution in [0.25, 0.3) is 0 Å². The average molecular weight is 447 g/mol. The number of rotatable bonds is 3. The van der Waals surface area contributed by atoms with Gasteiger partial charge in [-0.1, -0.05) is 30.3 Å². The first-order chi connectivity index (χ1) is 16.1. The summed E-state index contributed by atoms with van der Waals surface area (Å²) in [6.45, 7) is 4.83. The highest BCUT2D eigenvalue weighted by atomic mass is 16.2. The Hall–Kier alpha value is -2.48. The summed E-state index contributed by atoms with van der Waals surface area (Å²) in [5.74, 6) is 1.34. The van der Waals surface area contributed by atoms with Crippen LogP contribution in [0.1, 0.15) is 41.6 Å². The van der Waals surface area contributed by atoms with Crippen molar-refractivity contribution in [2.45, 2.75) is 49.9 Å². The van der Waals surface area contributed by atoms with Crippen molar-refractivity contribution in [2.24, 2.45) is 11.8 Å². The van der Waals surface area contributed by atoms with E-state index in [0.29, 0.717) is 29.8 Å². The van der Waals surface area contributed by atoms with Crippen molar-refractivity contribution in [3.05, 3.63) is 65.5 Å². The minimum Gasteiger partial charge on any atom is -0.335 e. The summed E-state index contributed by atoms with van der Waals surface area (Å²) in [6, 6.07) is 16.3. The molecular weight excluding hydrogens is 412 g/mol. The number of urea groups is 1. The predicted octanol–water partition coefficient (Wildman–Crippen LogP) is 2.43. The monoisotopic (exact) mass is 446 g/mol. The summed E-state index contributed by atoms with van der Waals surface area (Å²) in [6.07, 6.45) is 4.00. The van der Waals surface area contributed by atoms with Crippen molar-refractivity contribution >= 4 is 6.03 Å². The van der Waals surface area contributed by atoms with Crippen LogP contribution in [-0.4, -0.2) is 65.6 Å². The fraction of sp³-hybridized carbons (Fsp3) is 0.538. The topological polar surface area (TPSA) is 72.5 Å². The Bertz CT molecular complexity index is 1010. The lowest BCUT2D eigenvalue weighted by atomic mass is 9.71. The summed E-state index contributed by atoms with van der Waals surface area (Å²) < 4.78 is 0. The molecule has 2 amide bonds. The number of hydrogen-bond acceptors (Lipinski definition) is 5. The number of aromatic nitrogens is 1. The van der Waals surface area contributed by atoms with E-state index in [0.717, 1.165) is 38.2 Å². The Kier molecular flexibility index (Phi) is 5.35.